The summed E-state index contributed by atoms with van der Waals surface area (Å²) < 4.78 is 5.39. The predicted octanol–water partition coefficient (Wildman–Crippen LogP) is 3.21. The predicted molar refractivity (Wildman–Crippen MR) is 78.5 cm³/mol. The molecule has 0 atom stereocenters. The van der Waals surface area contributed by atoms with E-state index in [1.165, 1.54) is 11.1 Å². The standard InChI is InChI=1S/C16H24N2O/c1-13(2)15-12-14(6-7-16(15)19-4)8-11-18(3)10-5-9-17/h6-7,12-13H,5,8,10-11H2,1-4H3. The Morgan fingerprint density at radius 2 is 2.05 bits per heavy atom. The van der Waals surface area contributed by atoms with Crippen LogP contribution in [0, 0.1) is 11.3 Å². The zero-order chi connectivity index (χ0) is 14.3. The fraction of sp³-hybridized carbons (Fsp3) is 0.562. The van der Waals surface area contributed by atoms with Gasteiger partial charge in [0.05, 0.1) is 13.2 Å². The highest BCUT2D eigenvalue weighted by atomic mass is 16.5. The van der Waals surface area contributed by atoms with Crippen molar-refractivity contribution in [3.8, 4) is 11.8 Å². The molecule has 1 aromatic carbocycles. The molecule has 0 fully saturated rings. The van der Waals surface area contributed by atoms with Crippen LogP contribution in [-0.2, 0) is 6.42 Å². The minimum absolute atomic E-state index is 0.464. The van der Waals surface area contributed by atoms with E-state index in [0.29, 0.717) is 12.3 Å². The third-order valence-corrected chi connectivity index (χ3v) is 3.30. The fourth-order valence-electron chi connectivity index (χ4n) is 2.06. The van der Waals surface area contributed by atoms with Crippen molar-refractivity contribution in [3.05, 3.63) is 29.3 Å². The van der Waals surface area contributed by atoms with Gasteiger partial charge in [0.2, 0.25) is 0 Å². The molecule has 19 heavy (non-hydrogen) atoms. The molecule has 0 aliphatic heterocycles. The van der Waals surface area contributed by atoms with Crippen LogP contribution in [0.3, 0.4) is 0 Å². The molecule has 0 saturated heterocycles. The summed E-state index contributed by atoms with van der Waals surface area (Å²) in [7, 11) is 3.78. The third kappa shape index (κ3) is 4.92. The fourth-order valence-corrected chi connectivity index (χ4v) is 2.06. The number of methoxy groups -OCH3 is 1. The van der Waals surface area contributed by atoms with E-state index < -0.39 is 0 Å². The van der Waals surface area contributed by atoms with Crippen molar-refractivity contribution in [2.75, 3.05) is 27.2 Å². The van der Waals surface area contributed by atoms with E-state index in [9.17, 15) is 0 Å². The van der Waals surface area contributed by atoms with Gasteiger partial charge in [0.1, 0.15) is 5.75 Å². The second-order valence-electron chi connectivity index (χ2n) is 5.19. The molecule has 0 spiro atoms. The zero-order valence-electron chi connectivity index (χ0n) is 12.4. The van der Waals surface area contributed by atoms with Gasteiger partial charge in [-0.05, 0) is 36.6 Å². The summed E-state index contributed by atoms with van der Waals surface area (Å²) in [5, 5.41) is 8.56. The van der Waals surface area contributed by atoms with Crippen molar-refractivity contribution < 1.29 is 4.74 Å². The maximum atomic E-state index is 8.56. The molecule has 0 heterocycles. The number of rotatable bonds is 7. The summed E-state index contributed by atoms with van der Waals surface area (Å²) in [4.78, 5) is 2.20. The lowest BCUT2D eigenvalue weighted by atomic mass is 9.98. The lowest BCUT2D eigenvalue weighted by Crippen LogP contribution is -2.22. The number of nitriles is 1. The maximum Gasteiger partial charge on any atom is 0.122 e. The monoisotopic (exact) mass is 260 g/mol. The van der Waals surface area contributed by atoms with Gasteiger partial charge in [0.25, 0.3) is 0 Å². The van der Waals surface area contributed by atoms with Gasteiger partial charge in [0, 0.05) is 19.5 Å². The summed E-state index contributed by atoms with van der Waals surface area (Å²) >= 11 is 0. The molecule has 0 bridgehead atoms. The minimum atomic E-state index is 0.464. The molecule has 1 aromatic rings. The van der Waals surface area contributed by atoms with Gasteiger partial charge in [-0.25, -0.2) is 0 Å². The first-order chi connectivity index (χ1) is 9.08. The molecule has 0 aliphatic carbocycles. The molecular formula is C16H24N2O. The summed E-state index contributed by atoms with van der Waals surface area (Å²) in [6.07, 6.45) is 1.60. The molecule has 3 nitrogen and oxygen atoms in total. The van der Waals surface area contributed by atoms with E-state index in [-0.39, 0.29) is 0 Å². The van der Waals surface area contributed by atoms with E-state index in [4.69, 9.17) is 10.00 Å². The molecule has 0 aromatic heterocycles. The van der Waals surface area contributed by atoms with Crippen molar-refractivity contribution in [2.45, 2.75) is 32.6 Å². The zero-order valence-corrected chi connectivity index (χ0v) is 12.4. The quantitative estimate of drug-likeness (QED) is 0.755. The van der Waals surface area contributed by atoms with E-state index in [2.05, 4.69) is 50.1 Å². The largest absolute Gasteiger partial charge is 0.496 e. The van der Waals surface area contributed by atoms with E-state index in [1.54, 1.807) is 7.11 Å². The minimum Gasteiger partial charge on any atom is -0.496 e. The summed E-state index contributed by atoms with van der Waals surface area (Å²) in [6.45, 7) is 6.18. The highest BCUT2D eigenvalue weighted by molar-refractivity contribution is 5.39. The summed E-state index contributed by atoms with van der Waals surface area (Å²) in [6, 6.07) is 8.60. The SMILES string of the molecule is COc1ccc(CCN(C)CCC#N)cc1C(C)C. The Balaban J connectivity index is 2.64. The number of ether oxygens (including phenoxy) is 1. The van der Waals surface area contributed by atoms with Gasteiger partial charge >= 0.3 is 0 Å². The molecule has 0 unspecified atom stereocenters. The van der Waals surface area contributed by atoms with Gasteiger partial charge in [-0.15, -0.1) is 0 Å². The van der Waals surface area contributed by atoms with Gasteiger partial charge in [-0.3, -0.25) is 0 Å². The van der Waals surface area contributed by atoms with Gasteiger partial charge in [-0.2, -0.15) is 5.26 Å². The molecule has 0 aliphatic rings. The average Bonchev–Trinajstić information content (AvgIpc) is 2.42. The Bertz CT molecular complexity index is 435. The Morgan fingerprint density at radius 1 is 1.32 bits per heavy atom. The number of nitrogens with zero attached hydrogens (tertiary/aromatic N) is 2. The molecule has 104 valence electrons. The van der Waals surface area contributed by atoms with Crippen LogP contribution in [0.15, 0.2) is 18.2 Å². The Morgan fingerprint density at radius 3 is 2.63 bits per heavy atom. The first kappa shape index (κ1) is 15.5. The smallest absolute Gasteiger partial charge is 0.122 e. The van der Waals surface area contributed by atoms with Crippen LogP contribution >= 0.6 is 0 Å². The molecule has 0 saturated carbocycles. The van der Waals surface area contributed by atoms with Crippen LogP contribution in [0.25, 0.3) is 0 Å². The molecule has 1 rings (SSSR count). The molecule has 0 radical (unpaired) electrons. The van der Waals surface area contributed by atoms with E-state index in [0.717, 1.165) is 25.3 Å². The Hall–Kier alpha value is -1.53. The van der Waals surface area contributed by atoms with Crippen LogP contribution in [0.5, 0.6) is 5.75 Å². The lowest BCUT2D eigenvalue weighted by Gasteiger charge is -2.17. The third-order valence-electron chi connectivity index (χ3n) is 3.30. The van der Waals surface area contributed by atoms with Gasteiger partial charge < -0.3 is 9.64 Å². The molecule has 0 amide bonds. The van der Waals surface area contributed by atoms with Gasteiger partial charge in [0.15, 0.2) is 0 Å². The highest BCUT2D eigenvalue weighted by Gasteiger charge is 2.08. The first-order valence-corrected chi connectivity index (χ1v) is 6.80. The lowest BCUT2D eigenvalue weighted by molar-refractivity contribution is 0.346. The van der Waals surface area contributed by atoms with Crippen molar-refractivity contribution in [1.29, 1.82) is 5.26 Å². The average molecular weight is 260 g/mol. The molecule has 0 N–H and O–H groups in total. The van der Waals surface area contributed by atoms with E-state index in [1.807, 2.05) is 0 Å². The van der Waals surface area contributed by atoms with Crippen LogP contribution in [0.4, 0.5) is 0 Å². The Kier molecular flexibility index (Phi) is 6.38. The van der Waals surface area contributed by atoms with Crippen LogP contribution in [0.2, 0.25) is 0 Å². The number of likely N-dealkylation sites (N-methyl/N-ethyl adjacent to an activating group) is 1. The maximum absolute atomic E-state index is 8.56. The first-order valence-electron chi connectivity index (χ1n) is 6.80. The van der Waals surface area contributed by atoms with Gasteiger partial charge in [-0.1, -0.05) is 26.0 Å². The highest BCUT2D eigenvalue weighted by Crippen LogP contribution is 2.27. The van der Waals surface area contributed by atoms with Crippen LogP contribution in [0.1, 0.15) is 37.3 Å². The second kappa shape index (κ2) is 7.81. The van der Waals surface area contributed by atoms with Crippen molar-refractivity contribution in [1.82, 2.24) is 4.90 Å². The van der Waals surface area contributed by atoms with Crippen molar-refractivity contribution in [3.63, 3.8) is 0 Å². The van der Waals surface area contributed by atoms with Crippen LogP contribution in [-0.4, -0.2) is 32.1 Å². The normalized spacial score (nSPS) is 10.8. The number of hydrogen-bond donors (Lipinski definition) is 0. The summed E-state index contributed by atoms with van der Waals surface area (Å²) in [5.74, 6) is 1.43. The number of benzene rings is 1. The van der Waals surface area contributed by atoms with Crippen molar-refractivity contribution >= 4 is 0 Å². The molecule has 3 heteroatoms. The van der Waals surface area contributed by atoms with E-state index >= 15 is 0 Å². The number of hydrogen-bond acceptors (Lipinski definition) is 3. The second-order valence-corrected chi connectivity index (χ2v) is 5.19. The Labute approximate surface area is 116 Å². The summed E-state index contributed by atoms with van der Waals surface area (Å²) in [5.41, 5.74) is 2.59. The van der Waals surface area contributed by atoms with Crippen molar-refractivity contribution in [2.24, 2.45) is 0 Å². The van der Waals surface area contributed by atoms with Crippen LogP contribution < -0.4 is 4.74 Å². The molecular weight excluding hydrogens is 236 g/mol. The topological polar surface area (TPSA) is 36.3 Å².